The highest BCUT2D eigenvalue weighted by molar-refractivity contribution is 7.92. The van der Waals surface area contributed by atoms with Crippen LogP contribution in [-0.2, 0) is 21.3 Å². The Morgan fingerprint density at radius 1 is 1.37 bits per heavy atom. The summed E-state index contributed by atoms with van der Waals surface area (Å²) in [4.78, 5) is 19.2. The fraction of sp³-hybridized carbons (Fsp3) is 0.304. The minimum Gasteiger partial charge on any atom is -0.465 e. The van der Waals surface area contributed by atoms with E-state index >= 15 is 0 Å². The molecule has 35 heavy (non-hydrogen) atoms. The van der Waals surface area contributed by atoms with Crippen LogP contribution in [0.15, 0.2) is 52.2 Å². The smallest absolute Gasteiger partial charge is 0.337 e. The number of esters is 1. The van der Waals surface area contributed by atoms with Crippen LogP contribution in [0.5, 0.6) is 0 Å². The number of carbonyl (C=O) groups is 1. The first-order valence-electron chi connectivity index (χ1n) is 10.7. The molecule has 4 rings (SSSR count). The number of rotatable bonds is 8. The van der Waals surface area contributed by atoms with Crippen LogP contribution in [0.1, 0.15) is 22.3 Å². The first-order chi connectivity index (χ1) is 16.7. The Balaban J connectivity index is 1.46. The van der Waals surface area contributed by atoms with E-state index in [9.17, 15) is 17.6 Å². The number of nitrogens with one attached hydrogen (secondary N) is 1. The van der Waals surface area contributed by atoms with Gasteiger partial charge in [-0.3, -0.25) is 9.62 Å². The zero-order valence-corrected chi connectivity index (χ0v) is 21.5. The molecule has 1 aliphatic rings. The predicted octanol–water partition coefficient (Wildman–Crippen LogP) is 4.23. The Hall–Kier alpha value is -2.73. The maximum Gasteiger partial charge on any atom is 0.337 e. The maximum absolute atomic E-state index is 14.9. The van der Waals surface area contributed by atoms with E-state index in [4.69, 9.17) is 16.3 Å². The summed E-state index contributed by atoms with van der Waals surface area (Å²) >= 11 is 7.64. The van der Waals surface area contributed by atoms with E-state index in [0.717, 1.165) is 30.7 Å². The number of nitrogens with zero attached hydrogens (tertiary/aromatic N) is 3. The maximum atomic E-state index is 14.9. The number of thiazole rings is 1. The molecular weight excluding hydrogens is 515 g/mol. The Kier molecular flexibility index (Phi) is 7.60. The van der Waals surface area contributed by atoms with Crippen molar-refractivity contribution < 1.29 is 22.3 Å². The Labute approximate surface area is 212 Å². The quantitative estimate of drug-likeness (QED) is 0.429. The van der Waals surface area contributed by atoms with E-state index in [1.54, 1.807) is 6.07 Å². The van der Waals surface area contributed by atoms with E-state index < -0.39 is 20.7 Å². The number of methoxy groups -OCH3 is 1. The SMILES string of the molecule is COC(=O)c1cccc(CN2CCC(N(C)c3cc(F)c(S(=O)(=O)Nc4cscn4)cc3Cl)C2)c1. The number of hydrogen-bond acceptors (Lipinski definition) is 8. The zero-order chi connectivity index (χ0) is 25.2. The highest BCUT2D eigenvalue weighted by atomic mass is 35.5. The molecule has 1 atom stereocenters. The van der Waals surface area contributed by atoms with Crippen LogP contribution in [0.25, 0.3) is 0 Å². The lowest BCUT2D eigenvalue weighted by Crippen LogP contribution is -2.34. The third-order valence-electron chi connectivity index (χ3n) is 5.89. The van der Waals surface area contributed by atoms with E-state index in [2.05, 4.69) is 14.6 Å². The molecule has 1 aliphatic heterocycles. The van der Waals surface area contributed by atoms with Crippen molar-refractivity contribution >= 4 is 50.4 Å². The van der Waals surface area contributed by atoms with Crippen LogP contribution in [-0.4, -0.2) is 57.6 Å². The summed E-state index contributed by atoms with van der Waals surface area (Å²) in [5.74, 6) is -1.15. The lowest BCUT2D eigenvalue weighted by molar-refractivity contribution is 0.0600. The van der Waals surface area contributed by atoms with Crippen molar-refractivity contribution in [1.82, 2.24) is 9.88 Å². The van der Waals surface area contributed by atoms with Gasteiger partial charge < -0.3 is 9.64 Å². The van der Waals surface area contributed by atoms with Gasteiger partial charge in [-0.2, -0.15) is 0 Å². The molecule has 0 amide bonds. The average molecular weight is 539 g/mol. The molecule has 186 valence electrons. The number of ether oxygens (including phenoxy) is 1. The van der Waals surface area contributed by atoms with Gasteiger partial charge in [0.05, 0.1) is 28.9 Å². The Morgan fingerprint density at radius 3 is 2.89 bits per heavy atom. The molecule has 1 unspecified atom stereocenters. The summed E-state index contributed by atoms with van der Waals surface area (Å²) in [5.41, 5.74) is 3.37. The molecule has 8 nitrogen and oxygen atoms in total. The van der Waals surface area contributed by atoms with Gasteiger partial charge in [-0.05, 0) is 30.2 Å². The molecule has 1 saturated heterocycles. The van der Waals surface area contributed by atoms with Gasteiger partial charge >= 0.3 is 5.97 Å². The molecular formula is C23H24ClFN4O4S2. The van der Waals surface area contributed by atoms with Gasteiger partial charge in [0.15, 0.2) is 5.82 Å². The van der Waals surface area contributed by atoms with Gasteiger partial charge in [-0.1, -0.05) is 23.7 Å². The monoisotopic (exact) mass is 538 g/mol. The number of anilines is 2. The van der Waals surface area contributed by atoms with E-state index in [-0.39, 0.29) is 22.9 Å². The number of benzene rings is 2. The molecule has 1 fully saturated rings. The third kappa shape index (κ3) is 5.75. The lowest BCUT2D eigenvalue weighted by atomic mass is 10.1. The fourth-order valence-corrected chi connectivity index (χ4v) is 6.10. The third-order valence-corrected chi connectivity index (χ3v) is 8.15. The van der Waals surface area contributed by atoms with E-state index in [0.29, 0.717) is 24.3 Å². The summed E-state index contributed by atoms with van der Waals surface area (Å²) in [6.07, 6.45) is 0.816. The first kappa shape index (κ1) is 25.4. The topological polar surface area (TPSA) is 91.8 Å². The molecule has 0 bridgehead atoms. The molecule has 0 radical (unpaired) electrons. The van der Waals surface area contributed by atoms with Crippen molar-refractivity contribution in [1.29, 1.82) is 0 Å². The van der Waals surface area contributed by atoms with Crippen molar-refractivity contribution in [3.63, 3.8) is 0 Å². The van der Waals surface area contributed by atoms with Gasteiger partial charge in [0, 0.05) is 44.2 Å². The Morgan fingerprint density at radius 2 is 2.17 bits per heavy atom. The standard InChI is InChI=1S/C23H24ClFN4O4S2/c1-28(17-6-7-29(12-17)11-15-4-3-5-16(8-15)23(30)33-2)20-10-19(25)21(9-18(20)24)35(31,32)27-22-13-34-14-26-22/h3-5,8-10,13-14,17,27H,6-7,11-12H2,1-2H3. The normalized spacial score (nSPS) is 16.3. The predicted molar refractivity (Wildman–Crippen MR) is 134 cm³/mol. The Bertz CT molecular complexity index is 1320. The highest BCUT2D eigenvalue weighted by Crippen LogP contribution is 2.33. The van der Waals surface area contributed by atoms with Crippen molar-refractivity contribution in [3.05, 3.63) is 69.3 Å². The van der Waals surface area contributed by atoms with Crippen molar-refractivity contribution in [2.45, 2.75) is 23.9 Å². The van der Waals surface area contributed by atoms with Crippen LogP contribution in [0.3, 0.4) is 0 Å². The summed E-state index contributed by atoms with van der Waals surface area (Å²) in [6, 6.07) is 9.63. The highest BCUT2D eigenvalue weighted by Gasteiger charge is 2.29. The first-order valence-corrected chi connectivity index (χ1v) is 13.5. The summed E-state index contributed by atoms with van der Waals surface area (Å²) in [5, 5.41) is 1.65. The summed E-state index contributed by atoms with van der Waals surface area (Å²) in [7, 11) is -1.01. The number of carbonyl (C=O) groups excluding carboxylic acids is 1. The van der Waals surface area contributed by atoms with Crippen LogP contribution in [0.4, 0.5) is 15.9 Å². The molecule has 0 aliphatic carbocycles. The minimum absolute atomic E-state index is 0.0475. The number of likely N-dealkylation sites (tertiary alicyclic amines) is 1. The van der Waals surface area contributed by atoms with Crippen LogP contribution >= 0.6 is 22.9 Å². The van der Waals surface area contributed by atoms with Crippen molar-refractivity contribution in [3.8, 4) is 0 Å². The van der Waals surface area contributed by atoms with Crippen LogP contribution < -0.4 is 9.62 Å². The molecule has 12 heteroatoms. The molecule has 0 saturated carbocycles. The van der Waals surface area contributed by atoms with Gasteiger partial charge in [0.2, 0.25) is 0 Å². The van der Waals surface area contributed by atoms with Crippen LogP contribution in [0, 0.1) is 5.82 Å². The van der Waals surface area contributed by atoms with Crippen molar-refractivity contribution in [2.24, 2.45) is 0 Å². The van der Waals surface area contributed by atoms with Gasteiger partial charge in [0.1, 0.15) is 10.7 Å². The fourth-order valence-electron chi connectivity index (χ4n) is 4.09. The van der Waals surface area contributed by atoms with Crippen LogP contribution in [0.2, 0.25) is 5.02 Å². The van der Waals surface area contributed by atoms with Gasteiger partial charge in [0.25, 0.3) is 10.0 Å². The molecule has 3 aromatic rings. The minimum atomic E-state index is -4.18. The number of likely N-dealkylation sites (N-methyl/N-ethyl adjacent to an activating group) is 1. The second kappa shape index (κ2) is 10.5. The van der Waals surface area contributed by atoms with Gasteiger partial charge in [-0.15, -0.1) is 11.3 Å². The zero-order valence-electron chi connectivity index (χ0n) is 19.1. The molecule has 0 spiro atoms. The van der Waals surface area contributed by atoms with Crippen molar-refractivity contribution in [2.75, 3.05) is 36.9 Å². The number of halogens is 2. The average Bonchev–Trinajstić information content (AvgIpc) is 3.51. The molecule has 1 N–H and O–H groups in total. The van der Waals surface area contributed by atoms with E-state index in [1.165, 1.54) is 29.3 Å². The number of sulfonamides is 1. The molecule has 2 heterocycles. The summed E-state index contributed by atoms with van der Waals surface area (Å²) < 4.78 is 47.2. The second-order valence-corrected chi connectivity index (χ2v) is 11.0. The van der Waals surface area contributed by atoms with Gasteiger partial charge in [-0.25, -0.2) is 22.6 Å². The lowest BCUT2D eigenvalue weighted by Gasteiger charge is -2.28. The summed E-state index contributed by atoms with van der Waals surface area (Å²) in [6.45, 7) is 2.15. The number of aromatic nitrogens is 1. The largest absolute Gasteiger partial charge is 0.465 e. The molecule has 2 aromatic carbocycles. The molecule has 1 aromatic heterocycles. The second-order valence-electron chi connectivity index (χ2n) is 8.19. The number of hydrogen-bond donors (Lipinski definition) is 1. The van der Waals surface area contributed by atoms with E-state index in [1.807, 2.05) is 30.1 Å².